The monoisotopic (exact) mass is 376 g/mol. The first kappa shape index (κ1) is 20.2. The van der Waals surface area contributed by atoms with E-state index in [0.29, 0.717) is 19.6 Å². The van der Waals surface area contributed by atoms with Crippen LogP contribution in [0.2, 0.25) is 0 Å². The van der Waals surface area contributed by atoms with Gasteiger partial charge in [0.25, 0.3) is 0 Å². The van der Waals surface area contributed by atoms with Gasteiger partial charge in [-0.1, -0.05) is 6.07 Å². The average molecular weight is 376 g/mol. The predicted molar refractivity (Wildman–Crippen MR) is 103 cm³/mol. The number of pyridine rings is 1. The molecule has 2 saturated heterocycles. The van der Waals surface area contributed by atoms with E-state index in [-0.39, 0.29) is 23.7 Å². The van der Waals surface area contributed by atoms with Crippen LogP contribution in [0.3, 0.4) is 0 Å². The van der Waals surface area contributed by atoms with Gasteiger partial charge in [-0.25, -0.2) is 0 Å². The third kappa shape index (κ3) is 5.99. The Morgan fingerprint density at radius 2 is 2.19 bits per heavy atom. The van der Waals surface area contributed by atoms with Gasteiger partial charge in [-0.3, -0.25) is 9.78 Å². The molecule has 6 nitrogen and oxygen atoms in total. The molecule has 0 radical (unpaired) electrons. The first-order valence-electron chi connectivity index (χ1n) is 10.1. The van der Waals surface area contributed by atoms with Gasteiger partial charge in [0.05, 0.1) is 37.4 Å². The zero-order valence-corrected chi connectivity index (χ0v) is 16.6. The molecule has 2 aliphatic heterocycles. The van der Waals surface area contributed by atoms with E-state index in [9.17, 15) is 4.79 Å². The maximum Gasteiger partial charge on any atom is 0.227 e. The zero-order chi connectivity index (χ0) is 19.1. The van der Waals surface area contributed by atoms with Crippen molar-refractivity contribution in [1.29, 1.82) is 0 Å². The maximum absolute atomic E-state index is 12.6. The Labute approximate surface area is 162 Å². The summed E-state index contributed by atoms with van der Waals surface area (Å²) in [7, 11) is 0. The van der Waals surface area contributed by atoms with Gasteiger partial charge in [0.2, 0.25) is 5.91 Å². The number of carbonyl (C=O) groups excluding carboxylic acids is 1. The molecule has 1 amide bonds. The summed E-state index contributed by atoms with van der Waals surface area (Å²) in [5, 5.41) is 0. The quantitative estimate of drug-likeness (QED) is 0.685. The van der Waals surface area contributed by atoms with Crippen molar-refractivity contribution in [3.05, 3.63) is 30.1 Å². The van der Waals surface area contributed by atoms with Crippen molar-refractivity contribution >= 4 is 5.91 Å². The highest BCUT2D eigenvalue weighted by Gasteiger charge is 2.41. The van der Waals surface area contributed by atoms with E-state index in [1.54, 1.807) is 12.4 Å². The van der Waals surface area contributed by atoms with Crippen LogP contribution in [-0.4, -0.2) is 66.5 Å². The molecule has 150 valence electrons. The summed E-state index contributed by atoms with van der Waals surface area (Å²) in [6, 6.07) is 3.82. The number of carbonyl (C=O) groups is 1. The molecule has 3 rings (SSSR count). The molecule has 1 unspecified atom stereocenters. The molecule has 1 aromatic rings. The molecule has 0 bridgehead atoms. The van der Waals surface area contributed by atoms with Crippen LogP contribution in [0.25, 0.3) is 0 Å². The SMILES string of the molecule is CC(C)OCCOC1CCOC2(CCN(C(=O)Cc3cccnc3)CC2)C1. The number of hydrogen-bond donors (Lipinski definition) is 0. The van der Waals surface area contributed by atoms with E-state index in [1.165, 1.54) is 0 Å². The molecule has 1 spiro atoms. The van der Waals surface area contributed by atoms with Crippen molar-refractivity contribution in [2.45, 2.75) is 63.8 Å². The molecule has 1 atom stereocenters. The molecule has 2 aliphatic rings. The fourth-order valence-electron chi connectivity index (χ4n) is 3.92. The lowest BCUT2D eigenvalue weighted by molar-refractivity contribution is -0.163. The largest absolute Gasteiger partial charge is 0.376 e. The van der Waals surface area contributed by atoms with Gasteiger partial charge in [0.15, 0.2) is 0 Å². The number of likely N-dealkylation sites (tertiary alicyclic amines) is 1. The van der Waals surface area contributed by atoms with Crippen LogP contribution in [0.15, 0.2) is 24.5 Å². The summed E-state index contributed by atoms with van der Waals surface area (Å²) < 4.78 is 17.7. The molecule has 6 heteroatoms. The van der Waals surface area contributed by atoms with Crippen LogP contribution in [0, 0.1) is 0 Å². The van der Waals surface area contributed by atoms with E-state index in [1.807, 2.05) is 30.9 Å². The minimum absolute atomic E-state index is 0.132. The van der Waals surface area contributed by atoms with Crippen LogP contribution < -0.4 is 0 Å². The molecule has 1 aromatic heterocycles. The lowest BCUT2D eigenvalue weighted by Crippen LogP contribution is -2.52. The molecule has 0 saturated carbocycles. The third-order valence-corrected chi connectivity index (χ3v) is 5.44. The van der Waals surface area contributed by atoms with Crippen molar-refractivity contribution in [2.24, 2.45) is 0 Å². The van der Waals surface area contributed by atoms with Crippen molar-refractivity contribution < 1.29 is 19.0 Å². The number of hydrogen-bond acceptors (Lipinski definition) is 5. The highest BCUT2D eigenvalue weighted by Crippen LogP contribution is 2.36. The fraction of sp³-hybridized carbons (Fsp3) is 0.714. The average Bonchev–Trinajstić information content (AvgIpc) is 2.67. The summed E-state index contributed by atoms with van der Waals surface area (Å²) in [6.45, 7) is 7.58. The molecular weight excluding hydrogens is 344 g/mol. The molecule has 0 N–H and O–H groups in total. The number of piperidine rings is 1. The summed E-state index contributed by atoms with van der Waals surface area (Å²) in [5.74, 6) is 0.173. The lowest BCUT2D eigenvalue weighted by Gasteiger charge is -2.46. The standard InChI is InChI=1S/C21H32N2O4/c1-17(2)25-12-13-26-19-5-11-27-21(15-19)6-9-23(10-7-21)20(24)14-18-4-3-8-22-16-18/h3-4,8,16-17,19H,5-7,9-15H2,1-2H3. The second-order valence-electron chi connectivity index (χ2n) is 7.86. The van der Waals surface area contributed by atoms with Gasteiger partial charge < -0.3 is 19.1 Å². The first-order chi connectivity index (χ1) is 13.1. The van der Waals surface area contributed by atoms with Crippen LogP contribution in [0.1, 0.15) is 45.1 Å². The first-order valence-corrected chi connectivity index (χ1v) is 10.1. The molecular formula is C21H32N2O4. The highest BCUT2D eigenvalue weighted by atomic mass is 16.5. The second-order valence-corrected chi connectivity index (χ2v) is 7.86. The van der Waals surface area contributed by atoms with Gasteiger partial charge in [0.1, 0.15) is 0 Å². The van der Waals surface area contributed by atoms with Crippen LogP contribution >= 0.6 is 0 Å². The summed E-state index contributed by atoms with van der Waals surface area (Å²) in [5.41, 5.74) is 0.834. The Balaban J connectivity index is 1.43. The number of aromatic nitrogens is 1. The highest BCUT2D eigenvalue weighted by molar-refractivity contribution is 5.78. The topological polar surface area (TPSA) is 60.9 Å². The van der Waals surface area contributed by atoms with E-state index in [0.717, 1.165) is 50.9 Å². The predicted octanol–water partition coefficient (Wildman–Crippen LogP) is 2.61. The van der Waals surface area contributed by atoms with Gasteiger partial charge in [-0.15, -0.1) is 0 Å². The van der Waals surface area contributed by atoms with E-state index in [2.05, 4.69) is 4.98 Å². The Bertz CT molecular complexity index is 585. The zero-order valence-electron chi connectivity index (χ0n) is 16.6. The van der Waals surface area contributed by atoms with Crippen LogP contribution in [0.4, 0.5) is 0 Å². The number of amides is 1. The van der Waals surface area contributed by atoms with E-state index < -0.39 is 0 Å². The van der Waals surface area contributed by atoms with E-state index >= 15 is 0 Å². The Morgan fingerprint density at radius 1 is 1.37 bits per heavy atom. The minimum Gasteiger partial charge on any atom is -0.376 e. The number of nitrogens with zero attached hydrogens (tertiary/aromatic N) is 2. The Kier molecular flexibility index (Phi) is 7.21. The van der Waals surface area contributed by atoms with E-state index in [4.69, 9.17) is 14.2 Å². The Hall–Kier alpha value is -1.50. The van der Waals surface area contributed by atoms with Crippen molar-refractivity contribution in [1.82, 2.24) is 9.88 Å². The summed E-state index contributed by atoms with van der Waals surface area (Å²) in [6.07, 6.45) is 8.00. The molecule has 0 aromatic carbocycles. The fourth-order valence-corrected chi connectivity index (χ4v) is 3.92. The smallest absolute Gasteiger partial charge is 0.227 e. The van der Waals surface area contributed by atoms with Crippen LogP contribution in [0.5, 0.6) is 0 Å². The third-order valence-electron chi connectivity index (χ3n) is 5.44. The normalized spacial score (nSPS) is 22.3. The number of ether oxygens (including phenoxy) is 3. The van der Waals surface area contributed by atoms with Crippen molar-refractivity contribution in [3.63, 3.8) is 0 Å². The van der Waals surface area contributed by atoms with Gasteiger partial charge in [-0.2, -0.15) is 0 Å². The summed E-state index contributed by atoms with van der Waals surface area (Å²) >= 11 is 0. The Morgan fingerprint density at radius 3 is 2.89 bits per heavy atom. The van der Waals surface area contributed by atoms with Crippen molar-refractivity contribution in [3.8, 4) is 0 Å². The maximum atomic E-state index is 12.6. The number of rotatable bonds is 7. The lowest BCUT2D eigenvalue weighted by atomic mass is 9.83. The van der Waals surface area contributed by atoms with Gasteiger partial charge in [0, 0.05) is 38.5 Å². The second kappa shape index (κ2) is 9.62. The van der Waals surface area contributed by atoms with Gasteiger partial charge in [-0.05, 0) is 44.7 Å². The molecule has 2 fully saturated rings. The molecule has 3 heterocycles. The van der Waals surface area contributed by atoms with Gasteiger partial charge >= 0.3 is 0 Å². The van der Waals surface area contributed by atoms with Crippen LogP contribution in [-0.2, 0) is 25.4 Å². The molecule has 27 heavy (non-hydrogen) atoms. The molecule has 0 aliphatic carbocycles. The minimum atomic E-state index is -0.132. The summed E-state index contributed by atoms with van der Waals surface area (Å²) in [4.78, 5) is 18.6. The van der Waals surface area contributed by atoms with Crippen molar-refractivity contribution in [2.75, 3.05) is 32.9 Å².